The van der Waals surface area contributed by atoms with Crippen molar-refractivity contribution < 1.29 is 4.74 Å². The Hall–Kier alpha value is -1.32. The maximum atomic E-state index is 5.09. The Morgan fingerprint density at radius 3 is 2.87 bits per heavy atom. The van der Waals surface area contributed by atoms with E-state index in [0.29, 0.717) is 11.8 Å². The summed E-state index contributed by atoms with van der Waals surface area (Å²) in [6.07, 6.45) is 1.32. The SMILES string of the molecule is COc1cc(C)nc(NCC2CC2C)n1. The second-order valence-electron chi connectivity index (χ2n) is 4.23. The summed E-state index contributed by atoms with van der Waals surface area (Å²) in [5.41, 5.74) is 0.924. The highest BCUT2D eigenvalue weighted by Gasteiger charge is 2.32. The summed E-state index contributed by atoms with van der Waals surface area (Å²) in [5.74, 6) is 2.93. The van der Waals surface area contributed by atoms with Gasteiger partial charge >= 0.3 is 0 Å². The summed E-state index contributed by atoms with van der Waals surface area (Å²) in [7, 11) is 1.62. The molecule has 1 fully saturated rings. The van der Waals surface area contributed by atoms with Crippen molar-refractivity contribution in [3.8, 4) is 5.88 Å². The van der Waals surface area contributed by atoms with Crippen molar-refractivity contribution in [1.29, 1.82) is 0 Å². The lowest BCUT2D eigenvalue weighted by Crippen LogP contribution is -2.08. The van der Waals surface area contributed by atoms with Gasteiger partial charge in [0.25, 0.3) is 0 Å². The molecule has 0 saturated heterocycles. The molecule has 2 atom stereocenters. The molecule has 4 nitrogen and oxygen atoms in total. The van der Waals surface area contributed by atoms with E-state index in [1.54, 1.807) is 7.11 Å². The number of methoxy groups -OCH3 is 1. The molecule has 2 unspecified atom stereocenters. The van der Waals surface area contributed by atoms with E-state index in [-0.39, 0.29) is 0 Å². The van der Waals surface area contributed by atoms with Crippen molar-refractivity contribution in [2.24, 2.45) is 11.8 Å². The quantitative estimate of drug-likeness (QED) is 0.818. The number of rotatable bonds is 4. The molecule has 1 aliphatic carbocycles. The van der Waals surface area contributed by atoms with Gasteiger partial charge in [0.1, 0.15) is 0 Å². The van der Waals surface area contributed by atoms with Gasteiger partial charge in [0, 0.05) is 18.3 Å². The highest BCUT2D eigenvalue weighted by molar-refractivity contribution is 5.30. The van der Waals surface area contributed by atoms with E-state index in [1.807, 2.05) is 13.0 Å². The fourth-order valence-corrected chi connectivity index (χ4v) is 1.63. The Morgan fingerprint density at radius 2 is 2.27 bits per heavy atom. The van der Waals surface area contributed by atoms with Crippen molar-refractivity contribution in [2.45, 2.75) is 20.3 Å². The largest absolute Gasteiger partial charge is 0.481 e. The molecule has 0 spiro atoms. The molecule has 1 N–H and O–H groups in total. The molecule has 1 saturated carbocycles. The summed E-state index contributed by atoms with van der Waals surface area (Å²) in [6.45, 7) is 5.17. The summed E-state index contributed by atoms with van der Waals surface area (Å²) in [6, 6.07) is 1.82. The second-order valence-corrected chi connectivity index (χ2v) is 4.23. The van der Waals surface area contributed by atoms with Crippen LogP contribution in [0.25, 0.3) is 0 Å². The molecule has 0 radical (unpaired) electrons. The summed E-state index contributed by atoms with van der Waals surface area (Å²) < 4.78 is 5.09. The van der Waals surface area contributed by atoms with Crippen LogP contribution in [0.5, 0.6) is 5.88 Å². The minimum Gasteiger partial charge on any atom is -0.481 e. The van der Waals surface area contributed by atoms with Crippen LogP contribution in [0.3, 0.4) is 0 Å². The van der Waals surface area contributed by atoms with Gasteiger partial charge in [0.2, 0.25) is 11.8 Å². The van der Waals surface area contributed by atoms with Gasteiger partial charge in [-0.3, -0.25) is 0 Å². The van der Waals surface area contributed by atoms with Crippen LogP contribution >= 0.6 is 0 Å². The van der Waals surface area contributed by atoms with E-state index in [0.717, 1.165) is 24.1 Å². The molecule has 1 aromatic heterocycles. The molecule has 15 heavy (non-hydrogen) atoms. The lowest BCUT2D eigenvalue weighted by molar-refractivity contribution is 0.397. The van der Waals surface area contributed by atoms with Crippen LogP contribution in [-0.2, 0) is 0 Å². The predicted octanol–water partition coefficient (Wildman–Crippen LogP) is 1.86. The highest BCUT2D eigenvalue weighted by Crippen LogP contribution is 2.37. The zero-order valence-corrected chi connectivity index (χ0v) is 9.45. The summed E-state index contributed by atoms with van der Waals surface area (Å²) in [5, 5.41) is 3.25. The molecule has 1 heterocycles. The van der Waals surface area contributed by atoms with Crippen LogP contribution < -0.4 is 10.1 Å². The molecule has 0 aromatic carbocycles. The number of hydrogen-bond acceptors (Lipinski definition) is 4. The van der Waals surface area contributed by atoms with Gasteiger partial charge < -0.3 is 10.1 Å². The second kappa shape index (κ2) is 4.04. The molecule has 0 aliphatic heterocycles. The van der Waals surface area contributed by atoms with Crippen LogP contribution in [0.2, 0.25) is 0 Å². The molecule has 82 valence electrons. The van der Waals surface area contributed by atoms with Gasteiger partial charge in [-0.1, -0.05) is 6.92 Å². The summed E-state index contributed by atoms with van der Waals surface area (Å²) in [4.78, 5) is 8.54. The number of nitrogens with one attached hydrogen (secondary N) is 1. The number of nitrogens with zero attached hydrogens (tertiary/aromatic N) is 2. The normalized spacial score (nSPS) is 23.7. The number of hydrogen-bond donors (Lipinski definition) is 1. The zero-order valence-electron chi connectivity index (χ0n) is 9.45. The predicted molar refractivity (Wildman–Crippen MR) is 59.1 cm³/mol. The lowest BCUT2D eigenvalue weighted by atomic mass is 10.3. The van der Waals surface area contributed by atoms with E-state index in [2.05, 4.69) is 22.2 Å². The third-order valence-corrected chi connectivity index (χ3v) is 2.84. The maximum Gasteiger partial charge on any atom is 0.226 e. The minimum absolute atomic E-state index is 0.619. The topological polar surface area (TPSA) is 47.0 Å². The van der Waals surface area contributed by atoms with Gasteiger partial charge in [0.15, 0.2) is 0 Å². The Labute approximate surface area is 90.1 Å². The monoisotopic (exact) mass is 207 g/mol. The van der Waals surface area contributed by atoms with Crippen molar-refractivity contribution in [2.75, 3.05) is 19.0 Å². The first kappa shape index (κ1) is 10.2. The van der Waals surface area contributed by atoms with Gasteiger partial charge in [0.05, 0.1) is 7.11 Å². The zero-order chi connectivity index (χ0) is 10.8. The molecule has 1 aromatic rings. The van der Waals surface area contributed by atoms with E-state index in [4.69, 9.17) is 4.74 Å². The Morgan fingerprint density at radius 1 is 1.53 bits per heavy atom. The van der Waals surface area contributed by atoms with Gasteiger partial charge in [-0.2, -0.15) is 4.98 Å². The van der Waals surface area contributed by atoms with Crippen molar-refractivity contribution in [3.63, 3.8) is 0 Å². The maximum absolute atomic E-state index is 5.09. The fourth-order valence-electron chi connectivity index (χ4n) is 1.63. The van der Waals surface area contributed by atoms with E-state index in [1.165, 1.54) is 6.42 Å². The van der Waals surface area contributed by atoms with Gasteiger partial charge in [-0.25, -0.2) is 4.98 Å². The first-order chi connectivity index (χ1) is 7.19. The first-order valence-corrected chi connectivity index (χ1v) is 5.32. The highest BCUT2D eigenvalue weighted by atomic mass is 16.5. The number of aryl methyl sites for hydroxylation is 1. The minimum atomic E-state index is 0.619. The fraction of sp³-hybridized carbons (Fsp3) is 0.636. The van der Waals surface area contributed by atoms with Crippen LogP contribution in [0.1, 0.15) is 19.0 Å². The molecule has 4 heteroatoms. The Kier molecular flexibility index (Phi) is 2.75. The Balaban J connectivity index is 1.97. The number of anilines is 1. The van der Waals surface area contributed by atoms with E-state index >= 15 is 0 Å². The van der Waals surface area contributed by atoms with Crippen molar-refractivity contribution in [1.82, 2.24) is 9.97 Å². The molecule has 0 bridgehead atoms. The van der Waals surface area contributed by atoms with Crippen LogP contribution in [0.15, 0.2) is 6.07 Å². The first-order valence-electron chi connectivity index (χ1n) is 5.32. The number of aromatic nitrogens is 2. The molecule has 0 amide bonds. The van der Waals surface area contributed by atoms with Crippen molar-refractivity contribution >= 4 is 5.95 Å². The Bertz CT molecular complexity index is 354. The molecule has 2 rings (SSSR count). The smallest absolute Gasteiger partial charge is 0.226 e. The third-order valence-electron chi connectivity index (χ3n) is 2.84. The standard InChI is InChI=1S/C11H17N3O/c1-7-4-9(7)6-12-11-13-8(2)5-10(14-11)15-3/h5,7,9H,4,6H2,1-3H3,(H,12,13,14). The van der Waals surface area contributed by atoms with Crippen LogP contribution in [-0.4, -0.2) is 23.6 Å². The van der Waals surface area contributed by atoms with Gasteiger partial charge in [-0.15, -0.1) is 0 Å². The third kappa shape index (κ3) is 2.58. The van der Waals surface area contributed by atoms with Crippen molar-refractivity contribution in [3.05, 3.63) is 11.8 Å². The average molecular weight is 207 g/mol. The average Bonchev–Trinajstić information content (AvgIpc) is 2.91. The molecular weight excluding hydrogens is 190 g/mol. The van der Waals surface area contributed by atoms with Crippen LogP contribution in [0, 0.1) is 18.8 Å². The molecular formula is C11H17N3O. The van der Waals surface area contributed by atoms with Gasteiger partial charge in [-0.05, 0) is 25.2 Å². The molecule has 1 aliphatic rings. The number of ether oxygens (including phenoxy) is 1. The van der Waals surface area contributed by atoms with Crippen LogP contribution in [0.4, 0.5) is 5.95 Å². The summed E-state index contributed by atoms with van der Waals surface area (Å²) >= 11 is 0. The lowest BCUT2D eigenvalue weighted by Gasteiger charge is -2.06. The van der Waals surface area contributed by atoms with E-state index in [9.17, 15) is 0 Å². The van der Waals surface area contributed by atoms with E-state index < -0.39 is 0 Å².